The highest BCUT2D eigenvalue weighted by Gasteiger charge is 2.52. The van der Waals surface area contributed by atoms with Crippen molar-refractivity contribution >= 4 is 83.4 Å². The van der Waals surface area contributed by atoms with E-state index in [0.717, 1.165) is 91.3 Å². The first-order valence-electron chi connectivity index (χ1n) is 29.4. The van der Waals surface area contributed by atoms with Crippen LogP contribution in [-0.4, -0.2) is 126 Å². The van der Waals surface area contributed by atoms with Crippen LogP contribution in [-0.2, 0) is 46.0 Å². The highest BCUT2D eigenvalue weighted by molar-refractivity contribution is 9.10. The van der Waals surface area contributed by atoms with Crippen LogP contribution < -0.4 is 26.1 Å². The number of nitrogens with zero attached hydrogens (tertiary/aromatic N) is 14. The summed E-state index contributed by atoms with van der Waals surface area (Å²) in [6.45, 7) is 16.3. The van der Waals surface area contributed by atoms with Crippen LogP contribution in [0.15, 0.2) is 136 Å². The molecule has 15 rings (SSSR count). The first-order valence-corrected chi connectivity index (χ1v) is 30.2. The normalized spacial score (nSPS) is 17.1. The van der Waals surface area contributed by atoms with Gasteiger partial charge in [0.15, 0.2) is 11.6 Å². The van der Waals surface area contributed by atoms with Crippen molar-refractivity contribution in [3.8, 4) is 22.9 Å². The number of hydrogen-bond donors (Lipinski definition) is 0. The minimum Gasteiger partial charge on any atom is -0.477 e. The number of para-hydroxylation sites is 2. The highest BCUT2D eigenvalue weighted by Crippen LogP contribution is 2.37. The topological polar surface area (TPSA) is 221 Å². The van der Waals surface area contributed by atoms with Crippen LogP contribution in [0.1, 0.15) is 63.6 Å². The van der Waals surface area contributed by atoms with E-state index in [1.54, 1.807) is 24.7 Å². The largest absolute Gasteiger partial charge is 0.498 e. The van der Waals surface area contributed by atoms with Crippen LogP contribution in [0.25, 0.3) is 66.0 Å². The lowest BCUT2D eigenvalue weighted by Crippen LogP contribution is -2.41. The van der Waals surface area contributed by atoms with E-state index in [0.29, 0.717) is 83.7 Å². The fraction of sp³-hybridized carbons (Fsp3) is 0.344. The summed E-state index contributed by atoms with van der Waals surface area (Å²) < 4.78 is 46.7. The molecule has 0 N–H and O–H groups in total. The lowest BCUT2D eigenvalue weighted by molar-refractivity contribution is 0.00578. The number of rotatable bonds is 12. The fourth-order valence-corrected chi connectivity index (χ4v) is 11.6. The number of fused-ring (bicyclic) bond motifs is 8. The van der Waals surface area contributed by atoms with Crippen molar-refractivity contribution in [3.63, 3.8) is 0 Å². The standard InChI is InChI=1S/C29H27N7O3.C25H22BrN5O3.C10H17BN2O2/c1-18-11-27-35(29(37)22-5-3-4-6-25(22)36(27)33-18)15-26-31-24-8-7-20(21-13-30-34(2)14-21)12-23(24)28(32-26)39-17-19-9-10-38-16-19;1-15-10-23-30(25(32)18-4-2-3-5-21(18)31(23)29-15)12-22-27-20-7-6-17(26)11-19(20)24(28-22)34-14-16-8-9-33-13-16;1-9(2)10(3,4)15-11(14-9)8-6-12-13(5)7-8/h3-8,11-14,19H,9-10,15-17H2,1-2H3;2-7,10-11,16H,8-9,12-14H2,1H3;6-7H,1-5H3. The van der Waals surface area contributed by atoms with Crippen molar-refractivity contribution in [3.05, 3.63) is 170 Å². The second-order valence-electron chi connectivity index (χ2n) is 23.7. The zero-order valence-corrected chi connectivity index (χ0v) is 51.8. The SMILES string of the molecule is Cc1cc2n(Cc3nc(OCC4CCOC4)c4cc(-c5cnn(C)c5)ccc4n3)c(=O)c3ccccc3n2n1.Cc1cc2n(Cc3nc(OCC4CCOC4)c4cc(Br)ccc4n3)c(=O)c3ccccc3n2n1.Cn1cc(B2OC(C)(C)C(C)(C)O2)cn1. The Balaban J connectivity index is 0.000000133. The summed E-state index contributed by atoms with van der Waals surface area (Å²) in [5, 5.41) is 20.5. The van der Waals surface area contributed by atoms with Gasteiger partial charge in [0.25, 0.3) is 11.1 Å². The molecule has 24 heteroatoms. The van der Waals surface area contributed by atoms with Gasteiger partial charge in [-0.15, -0.1) is 0 Å². The van der Waals surface area contributed by atoms with E-state index in [9.17, 15) is 9.59 Å². The molecule has 450 valence electrons. The number of aromatic nitrogens is 14. The van der Waals surface area contributed by atoms with E-state index < -0.39 is 0 Å². The maximum Gasteiger partial charge on any atom is 0.498 e. The molecule has 11 heterocycles. The Bertz CT molecular complexity index is 4710. The van der Waals surface area contributed by atoms with Crippen LogP contribution in [0.2, 0.25) is 0 Å². The Hall–Kier alpha value is -8.68. The predicted octanol–water partition coefficient (Wildman–Crippen LogP) is 8.61. The summed E-state index contributed by atoms with van der Waals surface area (Å²) in [4.78, 5) is 46.3. The van der Waals surface area contributed by atoms with Crippen molar-refractivity contribution in [2.24, 2.45) is 25.9 Å². The summed E-state index contributed by atoms with van der Waals surface area (Å²) in [6, 6.07) is 30.7. The molecule has 4 aromatic carbocycles. The lowest BCUT2D eigenvalue weighted by atomic mass is 9.82. The molecule has 0 spiro atoms. The Labute approximate surface area is 514 Å². The van der Waals surface area contributed by atoms with Crippen LogP contribution >= 0.6 is 15.9 Å². The van der Waals surface area contributed by atoms with Crippen LogP contribution in [0.3, 0.4) is 0 Å². The van der Waals surface area contributed by atoms with Gasteiger partial charge in [-0.1, -0.05) is 46.3 Å². The van der Waals surface area contributed by atoms with Crippen molar-refractivity contribution in [1.29, 1.82) is 0 Å². The molecule has 88 heavy (non-hydrogen) atoms. The summed E-state index contributed by atoms with van der Waals surface area (Å²) in [6.07, 6.45) is 9.44. The molecule has 3 aliphatic rings. The summed E-state index contributed by atoms with van der Waals surface area (Å²) in [5.74, 6) is 2.68. The van der Waals surface area contributed by atoms with Crippen molar-refractivity contribution in [1.82, 2.24) is 67.9 Å². The van der Waals surface area contributed by atoms with Gasteiger partial charge >= 0.3 is 7.12 Å². The third kappa shape index (κ3) is 11.7. The molecule has 0 radical (unpaired) electrons. The first kappa shape index (κ1) is 58.3. The third-order valence-corrected chi connectivity index (χ3v) is 17.1. The number of aryl methyl sites for hydroxylation is 4. The van der Waals surface area contributed by atoms with Crippen LogP contribution in [0.4, 0.5) is 0 Å². The minimum atomic E-state index is -0.302. The monoisotopic (exact) mass is 1250 g/mol. The molecule has 2 unspecified atom stereocenters. The second-order valence-corrected chi connectivity index (χ2v) is 24.6. The number of halogens is 1. The Morgan fingerprint density at radius 3 is 1.58 bits per heavy atom. The zero-order chi connectivity index (χ0) is 61.0. The van der Waals surface area contributed by atoms with Gasteiger partial charge in [-0.3, -0.25) is 28.1 Å². The Morgan fingerprint density at radius 2 is 1.09 bits per heavy atom. The van der Waals surface area contributed by atoms with Gasteiger partial charge in [-0.2, -0.15) is 30.4 Å². The zero-order valence-electron chi connectivity index (χ0n) is 50.3. The minimum absolute atomic E-state index is 0.104. The van der Waals surface area contributed by atoms with Gasteiger partial charge < -0.3 is 28.3 Å². The molecule has 8 aromatic heterocycles. The molecule has 0 saturated carbocycles. The van der Waals surface area contributed by atoms with Crippen LogP contribution in [0, 0.1) is 25.7 Å². The van der Waals surface area contributed by atoms with E-state index in [2.05, 4.69) is 36.3 Å². The van der Waals surface area contributed by atoms with Crippen molar-refractivity contribution in [2.75, 3.05) is 39.6 Å². The smallest absolute Gasteiger partial charge is 0.477 e. The molecule has 0 aliphatic carbocycles. The van der Waals surface area contributed by atoms with E-state index in [-0.39, 0.29) is 42.5 Å². The van der Waals surface area contributed by atoms with Crippen molar-refractivity contribution in [2.45, 2.75) is 78.7 Å². The molecule has 22 nitrogen and oxygen atoms in total. The van der Waals surface area contributed by atoms with E-state index >= 15 is 0 Å². The lowest BCUT2D eigenvalue weighted by Gasteiger charge is -2.32. The average Bonchev–Trinajstić information content (AvgIpc) is 1.78. The first-order chi connectivity index (χ1) is 42.4. The molecule has 3 fully saturated rings. The molecule has 0 amide bonds. The van der Waals surface area contributed by atoms with E-state index in [1.165, 1.54) is 0 Å². The predicted molar refractivity (Wildman–Crippen MR) is 338 cm³/mol. The summed E-state index contributed by atoms with van der Waals surface area (Å²) >= 11 is 3.53. The Kier molecular flexibility index (Phi) is 15.8. The average molecular weight is 1250 g/mol. The number of ether oxygens (including phenoxy) is 4. The summed E-state index contributed by atoms with van der Waals surface area (Å²) in [7, 11) is 3.48. The van der Waals surface area contributed by atoms with E-state index in [1.807, 2.05) is 180 Å². The summed E-state index contributed by atoms with van der Waals surface area (Å²) in [5.41, 5.74) is 8.30. The quantitative estimate of drug-likeness (QED) is 0.104. The highest BCUT2D eigenvalue weighted by atomic mass is 79.9. The maximum atomic E-state index is 13.6. The van der Waals surface area contributed by atoms with Gasteiger partial charge in [0.05, 0.1) is 112 Å². The maximum absolute atomic E-state index is 13.6. The molecular formula is C64H66BBrN14O8. The third-order valence-electron chi connectivity index (χ3n) is 16.6. The van der Waals surface area contributed by atoms with Gasteiger partial charge in [-0.25, -0.2) is 19.0 Å². The molecule has 3 saturated heterocycles. The van der Waals surface area contributed by atoms with Gasteiger partial charge in [0.1, 0.15) is 11.3 Å². The number of hydrogen-bond acceptors (Lipinski definition) is 16. The van der Waals surface area contributed by atoms with E-state index in [4.69, 9.17) is 48.2 Å². The fourth-order valence-electron chi connectivity index (χ4n) is 11.2. The second kappa shape index (κ2) is 23.8. The van der Waals surface area contributed by atoms with Crippen molar-refractivity contribution < 1.29 is 28.3 Å². The molecule has 0 bridgehead atoms. The van der Waals surface area contributed by atoms with Gasteiger partial charge in [0, 0.05) is 85.4 Å². The molecule has 3 aliphatic heterocycles. The molecular weight excluding hydrogens is 1180 g/mol. The molecule has 2 atom stereocenters. The van der Waals surface area contributed by atoms with Gasteiger partial charge in [0.2, 0.25) is 11.8 Å². The Morgan fingerprint density at radius 1 is 0.591 bits per heavy atom. The van der Waals surface area contributed by atoms with Crippen LogP contribution in [0.5, 0.6) is 11.8 Å². The number of benzene rings is 4. The van der Waals surface area contributed by atoms with Gasteiger partial charge in [-0.05, 0) is 115 Å². The molecule has 12 aromatic rings.